The number of benzene rings is 1. The van der Waals surface area contributed by atoms with Gasteiger partial charge in [-0.25, -0.2) is 13.1 Å². The first-order valence-corrected chi connectivity index (χ1v) is 8.69. The Hall–Kier alpha value is -1.11. The maximum atomic E-state index is 10.7. The Balaban J connectivity index is 0.000000367. The van der Waals surface area contributed by atoms with E-state index in [2.05, 4.69) is 34.4 Å². The maximum Gasteiger partial charge on any atom is 0.208 e. The van der Waals surface area contributed by atoms with Gasteiger partial charge in [0, 0.05) is 18.3 Å². The lowest BCUT2D eigenvalue weighted by molar-refractivity contribution is 0.544. The molecule has 6 heteroatoms. The van der Waals surface area contributed by atoms with Crippen LogP contribution in [0.1, 0.15) is 20.3 Å². The highest BCUT2D eigenvalue weighted by Gasteiger charge is 2.06. The number of anilines is 1. The molecule has 1 aromatic rings. The molecule has 5 nitrogen and oxygen atoms in total. The van der Waals surface area contributed by atoms with Crippen LogP contribution in [0.15, 0.2) is 30.3 Å². The van der Waals surface area contributed by atoms with Crippen molar-refractivity contribution in [2.24, 2.45) is 0 Å². The first-order chi connectivity index (χ1) is 9.39. The molecule has 0 saturated carbocycles. The lowest BCUT2D eigenvalue weighted by Crippen LogP contribution is -2.33. The first kappa shape index (κ1) is 18.9. The van der Waals surface area contributed by atoms with E-state index < -0.39 is 10.0 Å². The highest BCUT2D eigenvalue weighted by atomic mass is 32.2. The second-order valence-electron chi connectivity index (χ2n) is 4.58. The molecule has 0 aromatic heterocycles. The largest absolute Gasteiger partial charge is 0.385 e. The molecular formula is C14H27N3O2S. The van der Waals surface area contributed by atoms with Crippen molar-refractivity contribution in [1.29, 1.82) is 0 Å². The minimum absolute atomic E-state index is 0.0115. The van der Waals surface area contributed by atoms with Crippen LogP contribution in [0.2, 0.25) is 0 Å². The fourth-order valence-electron chi connectivity index (χ4n) is 1.55. The van der Waals surface area contributed by atoms with Crippen molar-refractivity contribution < 1.29 is 8.42 Å². The second kappa shape index (κ2) is 10.7. The Labute approximate surface area is 123 Å². The fraction of sp³-hybridized carbons (Fsp3) is 0.571. The number of para-hydroxylation sites is 1. The van der Waals surface area contributed by atoms with Gasteiger partial charge in [-0.05, 0) is 46.0 Å². The van der Waals surface area contributed by atoms with Crippen LogP contribution in [0, 0.1) is 0 Å². The van der Waals surface area contributed by atoms with Crippen LogP contribution in [0.4, 0.5) is 5.69 Å². The van der Waals surface area contributed by atoms with E-state index in [0.29, 0.717) is 0 Å². The molecule has 0 fully saturated rings. The van der Waals surface area contributed by atoms with Gasteiger partial charge < -0.3 is 10.6 Å². The lowest BCUT2D eigenvalue weighted by Gasteiger charge is -2.10. The lowest BCUT2D eigenvalue weighted by atomic mass is 10.2. The minimum Gasteiger partial charge on any atom is -0.385 e. The summed E-state index contributed by atoms with van der Waals surface area (Å²) < 4.78 is 23.8. The summed E-state index contributed by atoms with van der Waals surface area (Å²) in [7, 11) is -1.19. The van der Waals surface area contributed by atoms with Gasteiger partial charge in [-0.15, -0.1) is 0 Å². The molecule has 0 amide bonds. The van der Waals surface area contributed by atoms with Crippen LogP contribution >= 0.6 is 0 Å². The Kier molecular flexibility index (Phi) is 10.1. The van der Waals surface area contributed by atoms with Gasteiger partial charge in [0.15, 0.2) is 0 Å². The number of sulfonamides is 1. The smallest absolute Gasteiger partial charge is 0.208 e. The molecule has 0 saturated heterocycles. The number of nitrogens with one attached hydrogen (secondary N) is 3. The molecule has 3 N–H and O–H groups in total. The van der Waals surface area contributed by atoms with E-state index in [1.807, 2.05) is 32.2 Å². The van der Waals surface area contributed by atoms with E-state index in [1.54, 1.807) is 0 Å². The fourth-order valence-corrected chi connectivity index (χ4v) is 2.39. The molecule has 0 heterocycles. The minimum atomic E-state index is -3.03. The molecule has 1 rings (SSSR count). The van der Waals surface area contributed by atoms with Crippen LogP contribution in [0.5, 0.6) is 0 Å². The van der Waals surface area contributed by atoms with Crippen molar-refractivity contribution in [1.82, 2.24) is 10.0 Å². The van der Waals surface area contributed by atoms with Crippen molar-refractivity contribution in [3.8, 4) is 0 Å². The quantitative estimate of drug-likeness (QED) is 0.716. The van der Waals surface area contributed by atoms with E-state index in [0.717, 1.165) is 19.5 Å². The molecule has 0 aliphatic carbocycles. The zero-order valence-electron chi connectivity index (χ0n) is 12.8. The van der Waals surface area contributed by atoms with Crippen LogP contribution in [-0.2, 0) is 10.0 Å². The molecule has 0 bridgehead atoms. The molecule has 0 aliphatic rings. The van der Waals surface area contributed by atoms with E-state index in [9.17, 15) is 8.42 Å². The summed E-state index contributed by atoms with van der Waals surface area (Å²) in [4.78, 5) is 0. The number of hydrogen-bond acceptors (Lipinski definition) is 4. The number of hydrogen-bond donors (Lipinski definition) is 3. The summed E-state index contributed by atoms with van der Waals surface area (Å²) in [5.41, 5.74) is 1.19. The highest BCUT2D eigenvalue weighted by molar-refractivity contribution is 7.88. The average Bonchev–Trinajstić information content (AvgIpc) is 2.37. The van der Waals surface area contributed by atoms with Crippen LogP contribution in [0.3, 0.4) is 0 Å². The topological polar surface area (TPSA) is 70.2 Å². The Morgan fingerprint density at radius 1 is 1.20 bits per heavy atom. The van der Waals surface area contributed by atoms with Gasteiger partial charge in [0.2, 0.25) is 10.0 Å². The van der Waals surface area contributed by atoms with Crippen molar-refractivity contribution >= 4 is 15.7 Å². The van der Waals surface area contributed by atoms with Gasteiger partial charge in [0.25, 0.3) is 0 Å². The summed E-state index contributed by atoms with van der Waals surface area (Å²) in [6, 6.07) is 10.2. The molecule has 0 radical (unpaired) electrons. The molecule has 1 atom stereocenters. The van der Waals surface area contributed by atoms with Crippen LogP contribution < -0.4 is 15.4 Å². The Morgan fingerprint density at radius 2 is 1.80 bits per heavy atom. The Morgan fingerprint density at radius 3 is 2.25 bits per heavy atom. The van der Waals surface area contributed by atoms with Gasteiger partial charge >= 0.3 is 0 Å². The Bertz CT molecular complexity index is 435. The third-order valence-electron chi connectivity index (χ3n) is 2.40. The van der Waals surface area contributed by atoms with E-state index >= 15 is 0 Å². The van der Waals surface area contributed by atoms with E-state index in [4.69, 9.17) is 0 Å². The predicted octanol–water partition coefficient (Wildman–Crippen LogP) is 1.65. The highest BCUT2D eigenvalue weighted by Crippen LogP contribution is 2.02. The third-order valence-corrected chi connectivity index (χ3v) is 3.23. The zero-order valence-corrected chi connectivity index (χ0v) is 13.6. The molecule has 116 valence electrons. The normalized spacial score (nSPS) is 12.2. The van der Waals surface area contributed by atoms with Gasteiger partial charge in [-0.1, -0.05) is 18.2 Å². The maximum absolute atomic E-state index is 10.7. The molecule has 20 heavy (non-hydrogen) atoms. The summed E-state index contributed by atoms with van der Waals surface area (Å²) in [6.45, 7) is 5.75. The molecule has 1 aromatic carbocycles. The van der Waals surface area contributed by atoms with Crippen molar-refractivity contribution in [3.63, 3.8) is 0 Å². The van der Waals surface area contributed by atoms with Gasteiger partial charge in [0.1, 0.15) is 0 Å². The van der Waals surface area contributed by atoms with Gasteiger partial charge in [-0.2, -0.15) is 0 Å². The second-order valence-corrected chi connectivity index (χ2v) is 6.36. The summed E-state index contributed by atoms with van der Waals surface area (Å²) in [5, 5.41) is 6.16. The van der Waals surface area contributed by atoms with E-state index in [-0.39, 0.29) is 6.04 Å². The van der Waals surface area contributed by atoms with Gasteiger partial charge in [0.05, 0.1) is 6.26 Å². The van der Waals surface area contributed by atoms with Crippen molar-refractivity contribution in [2.45, 2.75) is 26.3 Å². The molecule has 0 spiro atoms. The van der Waals surface area contributed by atoms with Crippen LogP contribution in [-0.4, -0.2) is 40.9 Å². The van der Waals surface area contributed by atoms with Gasteiger partial charge in [-0.3, -0.25) is 0 Å². The number of rotatable bonds is 7. The average molecular weight is 301 g/mol. The zero-order chi connectivity index (χ0) is 15.4. The predicted molar refractivity (Wildman–Crippen MR) is 86.6 cm³/mol. The molecule has 0 aliphatic heterocycles. The van der Waals surface area contributed by atoms with E-state index in [1.165, 1.54) is 11.9 Å². The van der Waals surface area contributed by atoms with Crippen molar-refractivity contribution in [3.05, 3.63) is 30.3 Å². The molecule has 1 unspecified atom stereocenters. The standard InChI is InChI=1S/C8H11N.C6H16N2O2S/c1-2-9-8-6-4-3-5-7-8;1-6(4-5-7-2)8-11(3,9)10/h3-7,9H,2H2,1H3;6-8H,4-5H2,1-3H3. The SMILES string of the molecule is CCNc1ccccc1.CNCCC(C)NS(C)(=O)=O. The summed E-state index contributed by atoms with van der Waals surface area (Å²) in [5.74, 6) is 0. The van der Waals surface area contributed by atoms with Crippen LogP contribution in [0.25, 0.3) is 0 Å². The van der Waals surface area contributed by atoms with Crippen molar-refractivity contribution in [2.75, 3.05) is 31.7 Å². The molecular weight excluding hydrogens is 274 g/mol. The monoisotopic (exact) mass is 301 g/mol. The first-order valence-electron chi connectivity index (χ1n) is 6.79. The summed E-state index contributed by atoms with van der Waals surface area (Å²) >= 11 is 0. The third kappa shape index (κ3) is 12.0. The summed E-state index contributed by atoms with van der Waals surface area (Å²) in [6.07, 6.45) is 1.98.